The highest BCUT2D eigenvalue weighted by molar-refractivity contribution is 7.91. The van der Waals surface area contributed by atoms with Crippen molar-refractivity contribution in [3.63, 3.8) is 0 Å². The number of benzene rings is 1. The van der Waals surface area contributed by atoms with Crippen molar-refractivity contribution in [1.29, 1.82) is 0 Å². The SMILES string of the molecule is CCCC(N)CS(=O)(=O)c1ccccc1OC. The van der Waals surface area contributed by atoms with Crippen LogP contribution in [0.25, 0.3) is 0 Å². The quantitative estimate of drug-likeness (QED) is 0.840. The first-order chi connectivity index (χ1) is 8.01. The van der Waals surface area contributed by atoms with Crippen molar-refractivity contribution in [3.05, 3.63) is 24.3 Å². The maximum Gasteiger partial charge on any atom is 0.183 e. The molecule has 4 nitrogen and oxygen atoms in total. The third-order valence-corrected chi connectivity index (χ3v) is 4.37. The fourth-order valence-electron chi connectivity index (χ4n) is 1.70. The first-order valence-electron chi connectivity index (χ1n) is 5.62. The molecule has 2 N–H and O–H groups in total. The molecule has 0 fully saturated rings. The van der Waals surface area contributed by atoms with Crippen LogP contribution in [0.3, 0.4) is 0 Å². The fourth-order valence-corrected chi connectivity index (χ4v) is 3.36. The molecule has 0 heterocycles. The van der Waals surface area contributed by atoms with Gasteiger partial charge in [-0.25, -0.2) is 8.42 Å². The average molecular weight is 257 g/mol. The molecule has 0 radical (unpaired) electrons. The van der Waals surface area contributed by atoms with Crippen molar-refractivity contribution < 1.29 is 13.2 Å². The number of methoxy groups -OCH3 is 1. The van der Waals surface area contributed by atoms with Crippen LogP contribution in [0.1, 0.15) is 19.8 Å². The molecule has 0 saturated heterocycles. The first-order valence-corrected chi connectivity index (χ1v) is 7.28. The maximum atomic E-state index is 12.1. The minimum Gasteiger partial charge on any atom is -0.495 e. The zero-order chi connectivity index (χ0) is 12.9. The lowest BCUT2D eigenvalue weighted by Crippen LogP contribution is -2.29. The summed E-state index contributed by atoms with van der Waals surface area (Å²) in [6, 6.07) is 6.28. The Morgan fingerprint density at radius 2 is 2.00 bits per heavy atom. The molecule has 1 aromatic carbocycles. The van der Waals surface area contributed by atoms with Crippen LogP contribution in [-0.2, 0) is 9.84 Å². The molecule has 0 bridgehead atoms. The largest absolute Gasteiger partial charge is 0.495 e. The van der Waals surface area contributed by atoms with Gasteiger partial charge in [0.2, 0.25) is 0 Å². The van der Waals surface area contributed by atoms with Gasteiger partial charge in [0, 0.05) is 6.04 Å². The minimum absolute atomic E-state index is 0.0405. The smallest absolute Gasteiger partial charge is 0.183 e. The molecule has 17 heavy (non-hydrogen) atoms. The second-order valence-electron chi connectivity index (χ2n) is 3.98. The van der Waals surface area contributed by atoms with Crippen LogP contribution in [0.15, 0.2) is 29.2 Å². The number of rotatable bonds is 6. The van der Waals surface area contributed by atoms with Crippen LogP contribution in [0.5, 0.6) is 5.75 Å². The van der Waals surface area contributed by atoms with Gasteiger partial charge in [-0.2, -0.15) is 0 Å². The summed E-state index contributed by atoms with van der Waals surface area (Å²) in [5, 5.41) is 0. The molecule has 0 amide bonds. The van der Waals surface area contributed by atoms with Crippen molar-refractivity contribution >= 4 is 9.84 Å². The van der Waals surface area contributed by atoms with Gasteiger partial charge in [-0.15, -0.1) is 0 Å². The van der Waals surface area contributed by atoms with Crippen LogP contribution in [-0.4, -0.2) is 27.3 Å². The van der Waals surface area contributed by atoms with Gasteiger partial charge in [0.15, 0.2) is 9.84 Å². The lowest BCUT2D eigenvalue weighted by molar-refractivity contribution is 0.402. The molecule has 1 atom stereocenters. The van der Waals surface area contributed by atoms with Gasteiger partial charge in [-0.3, -0.25) is 0 Å². The highest BCUT2D eigenvalue weighted by atomic mass is 32.2. The van der Waals surface area contributed by atoms with Gasteiger partial charge in [0.1, 0.15) is 10.6 Å². The van der Waals surface area contributed by atoms with E-state index in [2.05, 4.69) is 0 Å². The van der Waals surface area contributed by atoms with Gasteiger partial charge in [-0.05, 0) is 18.6 Å². The van der Waals surface area contributed by atoms with Crippen molar-refractivity contribution in [2.24, 2.45) is 5.73 Å². The van der Waals surface area contributed by atoms with Gasteiger partial charge in [0.25, 0.3) is 0 Å². The zero-order valence-corrected chi connectivity index (χ0v) is 11.0. The molecular weight excluding hydrogens is 238 g/mol. The van der Waals surface area contributed by atoms with Crippen molar-refractivity contribution in [2.75, 3.05) is 12.9 Å². The van der Waals surface area contributed by atoms with E-state index in [9.17, 15) is 8.42 Å². The normalized spacial score (nSPS) is 13.4. The van der Waals surface area contributed by atoms with Crippen LogP contribution in [0, 0.1) is 0 Å². The van der Waals surface area contributed by atoms with Gasteiger partial charge in [-0.1, -0.05) is 25.5 Å². The Balaban J connectivity index is 2.97. The number of para-hydroxylation sites is 1. The molecule has 1 unspecified atom stereocenters. The lowest BCUT2D eigenvalue weighted by Gasteiger charge is -2.13. The Morgan fingerprint density at radius 1 is 1.35 bits per heavy atom. The van der Waals surface area contributed by atoms with E-state index in [1.54, 1.807) is 24.3 Å². The second-order valence-corrected chi connectivity index (χ2v) is 5.98. The number of sulfone groups is 1. The summed E-state index contributed by atoms with van der Waals surface area (Å²) in [5.74, 6) is 0.331. The van der Waals surface area contributed by atoms with E-state index in [4.69, 9.17) is 10.5 Å². The van der Waals surface area contributed by atoms with E-state index in [0.29, 0.717) is 12.2 Å². The fraction of sp³-hybridized carbons (Fsp3) is 0.500. The monoisotopic (exact) mass is 257 g/mol. The summed E-state index contributed by atoms with van der Waals surface area (Å²) in [6.45, 7) is 1.98. The van der Waals surface area contributed by atoms with Crippen molar-refractivity contribution in [2.45, 2.75) is 30.7 Å². The zero-order valence-electron chi connectivity index (χ0n) is 10.2. The topological polar surface area (TPSA) is 69.4 Å². The minimum atomic E-state index is -3.37. The van der Waals surface area contributed by atoms with Crippen LogP contribution in [0.2, 0.25) is 0 Å². The molecule has 1 rings (SSSR count). The predicted molar refractivity (Wildman–Crippen MR) is 67.9 cm³/mol. The Morgan fingerprint density at radius 3 is 2.59 bits per heavy atom. The van der Waals surface area contributed by atoms with Crippen LogP contribution < -0.4 is 10.5 Å². The first kappa shape index (κ1) is 14.0. The van der Waals surface area contributed by atoms with E-state index in [-0.39, 0.29) is 16.7 Å². The van der Waals surface area contributed by atoms with Crippen LogP contribution in [0.4, 0.5) is 0 Å². The summed E-state index contributed by atoms with van der Waals surface area (Å²) < 4.78 is 29.3. The Labute approximate surface area is 103 Å². The number of hydrogen-bond acceptors (Lipinski definition) is 4. The van der Waals surface area contributed by atoms with E-state index >= 15 is 0 Å². The summed E-state index contributed by atoms with van der Waals surface area (Å²) >= 11 is 0. The van der Waals surface area contributed by atoms with E-state index < -0.39 is 9.84 Å². The molecule has 0 aliphatic rings. The summed E-state index contributed by atoms with van der Waals surface area (Å²) in [5.41, 5.74) is 5.78. The molecule has 1 aromatic rings. The third kappa shape index (κ3) is 3.71. The van der Waals surface area contributed by atoms with Crippen LogP contribution >= 0.6 is 0 Å². The molecule has 5 heteroatoms. The second kappa shape index (κ2) is 6.02. The van der Waals surface area contributed by atoms with E-state index in [1.165, 1.54) is 7.11 Å². The molecule has 0 aliphatic carbocycles. The van der Waals surface area contributed by atoms with Crippen molar-refractivity contribution in [3.8, 4) is 5.75 Å². The van der Waals surface area contributed by atoms with Gasteiger partial charge >= 0.3 is 0 Å². The number of hydrogen-bond donors (Lipinski definition) is 1. The third-order valence-electron chi connectivity index (χ3n) is 2.50. The lowest BCUT2D eigenvalue weighted by atomic mass is 10.2. The Kier molecular flexibility index (Phi) is 4.96. The van der Waals surface area contributed by atoms with E-state index in [1.807, 2.05) is 6.92 Å². The molecule has 96 valence electrons. The van der Waals surface area contributed by atoms with Gasteiger partial charge < -0.3 is 10.5 Å². The standard InChI is InChI=1S/C12H19NO3S/c1-3-6-10(13)9-17(14,15)12-8-5-4-7-11(12)16-2/h4-5,7-8,10H,3,6,9,13H2,1-2H3. The summed E-state index contributed by atoms with van der Waals surface area (Å²) in [7, 11) is -1.92. The maximum absolute atomic E-state index is 12.1. The molecular formula is C12H19NO3S. The average Bonchev–Trinajstić information content (AvgIpc) is 2.28. The highest BCUT2D eigenvalue weighted by Gasteiger charge is 2.21. The molecule has 0 spiro atoms. The predicted octanol–water partition coefficient (Wildman–Crippen LogP) is 1.60. The highest BCUT2D eigenvalue weighted by Crippen LogP contribution is 2.24. The summed E-state index contributed by atoms with van der Waals surface area (Å²) in [6.07, 6.45) is 1.58. The number of nitrogens with two attached hydrogens (primary N) is 1. The molecule has 0 aliphatic heterocycles. The molecule has 0 saturated carbocycles. The number of ether oxygens (including phenoxy) is 1. The van der Waals surface area contributed by atoms with Gasteiger partial charge in [0.05, 0.1) is 12.9 Å². The van der Waals surface area contributed by atoms with Crippen molar-refractivity contribution in [1.82, 2.24) is 0 Å². The summed E-state index contributed by atoms with van der Waals surface area (Å²) in [4.78, 5) is 0.217. The Bertz CT molecular complexity index is 457. The Hall–Kier alpha value is -1.07. The van der Waals surface area contributed by atoms with E-state index in [0.717, 1.165) is 6.42 Å². The molecule has 0 aromatic heterocycles.